The van der Waals surface area contributed by atoms with Crippen LogP contribution in [-0.4, -0.2) is 17.0 Å². The smallest absolute Gasteiger partial charge is 0.335 e. The lowest BCUT2D eigenvalue weighted by molar-refractivity contribution is -0.122. The van der Waals surface area contributed by atoms with Gasteiger partial charge in [0.05, 0.1) is 17.3 Å². The van der Waals surface area contributed by atoms with Crippen molar-refractivity contribution in [2.75, 3.05) is 5.32 Å². The summed E-state index contributed by atoms with van der Waals surface area (Å²) < 4.78 is 13.7. The molecule has 1 aliphatic carbocycles. The lowest BCUT2D eigenvalue weighted by Crippen LogP contribution is -2.32. The molecule has 5 nitrogen and oxygen atoms in total. The number of nitriles is 1. The van der Waals surface area contributed by atoms with E-state index in [9.17, 15) is 14.0 Å². The maximum Gasteiger partial charge on any atom is 0.335 e. The van der Waals surface area contributed by atoms with Crippen molar-refractivity contribution in [3.8, 4) is 6.07 Å². The summed E-state index contributed by atoms with van der Waals surface area (Å²) in [4.78, 5) is 22.8. The van der Waals surface area contributed by atoms with Gasteiger partial charge in [0.15, 0.2) is 0 Å². The van der Waals surface area contributed by atoms with E-state index >= 15 is 0 Å². The molecule has 1 amide bonds. The van der Waals surface area contributed by atoms with Crippen molar-refractivity contribution in [2.45, 2.75) is 25.7 Å². The molecule has 0 saturated heterocycles. The van der Waals surface area contributed by atoms with Gasteiger partial charge in [0.25, 0.3) is 0 Å². The Bertz CT molecular complexity index is 601. The molecule has 0 spiro atoms. The number of carboxylic acids is 1. The van der Waals surface area contributed by atoms with Gasteiger partial charge in [-0.1, -0.05) is 12.8 Å². The van der Waals surface area contributed by atoms with Crippen molar-refractivity contribution in [3.05, 3.63) is 29.6 Å². The van der Waals surface area contributed by atoms with Gasteiger partial charge in [-0.15, -0.1) is 0 Å². The van der Waals surface area contributed by atoms with Crippen LogP contribution in [-0.2, 0) is 4.79 Å². The van der Waals surface area contributed by atoms with E-state index in [1.807, 2.05) is 6.07 Å². The predicted molar refractivity (Wildman–Crippen MR) is 68.5 cm³/mol. The summed E-state index contributed by atoms with van der Waals surface area (Å²) in [6.45, 7) is 0. The molecule has 0 atom stereocenters. The van der Waals surface area contributed by atoms with Gasteiger partial charge in [-0.25, -0.2) is 9.18 Å². The first-order valence-electron chi connectivity index (χ1n) is 6.24. The molecule has 1 aromatic carbocycles. The van der Waals surface area contributed by atoms with Crippen LogP contribution in [0.1, 0.15) is 36.0 Å². The number of benzene rings is 1. The van der Waals surface area contributed by atoms with Crippen LogP contribution >= 0.6 is 0 Å². The van der Waals surface area contributed by atoms with E-state index in [1.54, 1.807) is 0 Å². The highest BCUT2D eigenvalue weighted by Crippen LogP contribution is 2.38. The van der Waals surface area contributed by atoms with Gasteiger partial charge in [-0.05, 0) is 31.0 Å². The third kappa shape index (κ3) is 2.48. The highest BCUT2D eigenvalue weighted by Gasteiger charge is 2.41. The number of carbonyl (C=O) groups excluding carboxylic acids is 1. The maximum atomic E-state index is 13.7. The third-order valence-corrected chi connectivity index (χ3v) is 3.57. The van der Waals surface area contributed by atoms with Crippen molar-refractivity contribution in [1.82, 2.24) is 0 Å². The van der Waals surface area contributed by atoms with Crippen LogP contribution in [0.5, 0.6) is 0 Å². The monoisotopic (exact) mass is 276 g/mol. The Morgan fingerprint density at radius 1 is 1.35 bits per heavy atom. The van der Waals surface area contributed by atoms with Crippen molar-refractivity contribution in [2.24, 2.45) is 5.41 Å². The Balaban J connectivity index is 2.20. The van der Waals surface area contributed by atoms with Crippen LogP contribution in [0.4, 0.5) is 10.1 Å². The first-order valence-corrected chi connectivity index (χ1v) is 6.24. The average Bonchev–Trinajstić information content (AvgIpc) is 2.90. The Labute approximate surface area is 115 Å². The van der Waals surface area contributed by atoms with Gasteiger partial charge in [0, 0.05) is 0 Å². The van der Waals surface area contributed by atoms with Crippen LogP contribution < -0.4 is 5.32 Å². The molecule has 0 unspecified atom stereocenters. The maximum absolute atomic E-state index is 13.7. The highest BCUT2D eigenvalue weighted by atomic mass is 19.1. The van der Waals surface area contributed by atoms with E-state index < -0.39 is 23.1 Å². The van der Waals surface area contributed by atoms with Crippen molar-refractivity contribution in [3.63, 3.8) is 0 Å². The summed E-state index contributed by atoms with van der Waals surface area (Å²) in [5.74, 6) is -2.60. The quantitative estimate of drug-likeness (QED) is 0.887. The van der Waals surface area contributed by atoms with Gasteiger partial charge in [0.2, 0.25) is 5.91 Å². The number of amides is 1. The molecule has 1 aromatic rings. The molecule has 0 bridgehead atoms. The van der Waals surface area contributed by atoms with Gasteiger partial charge < -0.3 is 10.4 Å². The second-order valence-electron chi connectivity index (χ2n) is 4.85. The molecule has 2 rings (SSSR count). The average molecular weight is 276 g/mol. The lowest BCUT2D eigenvalue weighted by Gasteiger charge is -2.19. The summed E-state index contributed by atoms with van der Waals surface area (Å²) in [5, 5.41) is 20.3. The fourth-order valence-corrected chi connectivity index (χ4v) is 2.36. The number of rotatable bonds is 3. The predicted octanol–water partition coefficient (Wildman–Crippen LogP) is 2.55. The highest BCUT2D eigenvalue weighted by molar-refractivity contribution is 5.98. The molecule has 0 aromatic heterocycles. The van der Waals surface area contributed by atoms with Gasteiger partial charge in [-0.3, -0.25) is 4.79 Å². The second-order valence-corrected chi connectivity index (χ2v) is 4.85. The van der Waals surface area contributed by atoms with Crippen molar-refractivity contribution < 1.29 is 19.1 Å². The zero-order valence-electron chi connectivity index (χ0n) is 10.6. The molecule has 104 valence electrons. The minimum Gasteiger partial charge on any atom is -0.478 e. The van der Waals surface area contributed by atoms with Gasteiger partial charge in [-0.2, -0.15) is 5.26 Å². The molecule has 0 heterocycles. The first kappa shape index (κ1) is 14.0. The van der Waals surface area contributed by atoms with E-state index in [1.165, 1.54) is 12.1 Å². The fourth-order valence-electron chi connectivity index (χ4n) is 2.36. The van der Waals surface area contributed by atoms with E-state index in [0.717, 1.165) is 18.9 Å². The summed E-state index contributed by atoms with van der Waals surface area (Å²) in [6.07, 6.45) is 2.51. The van der Waals surface area contributed by atoms with Crippen LogP contribution in [0.25, 0.3) is 0 Å². The number of hydrogen-bond donors (Lipinski definition) is 2. The fraction of sp³-hybridized carbons (Fsp3) is 0.357. The van der Waals surface area contributed by atoms with Gasteiger partial charge in [0.1, 0.15) is 11.2 Å². The minimum atomic E-state index is -1.24. The van der Waals surface area contributed by atoms with E-state index in [4.69, 9.17) is 10.4 Å². The molecule has 0 radical (unpaired) electrons. The molecule has 0 aliphatic heterocycles. The Morgan fingerprint density at radius 3 is 2.50 bits per heavy atom. The summed E-state index contributed by atoms with van der Waals surface area (Å²) in [7, 11) is 0. The number of nitrogens with one attached hydrogen (secondary N) is 1. The van der Waals surface area contributed by atoms with Crippen LogP contribution in [0.3, 0.4) is 0 Å². The molecule has 1 saturated carbocycles. The van der Waals surface area contributed by atoms with Crippen molar-refractivity contribution in [1.29, 1.82) is 5.26 Å². The molecule has 2 N–H and O–H groups in total. The summed E-state index contributed by atoms with van der Waals surface area (Å²) >= 11 is 0. The van der Waals surface area contributed by atoms with Crippen LogP contribution in [0.15, 0.2) is 18.2 Å². The Morgan fingerprint density at radius 2 is 2.00 bits per heavy atom. The zero-order chi connectivity index (χ0) is 14.8. The molecule has 20 heavy (non-hydrogen) atoms. The Hall–Kier alpha value is -2.42. The summed E-state index contributed by atoms with van der Waals surface area (Å²) in [6, 6.07) is 5.25. The molecule has 1 fully saturated rings. The second kappa shape index (κ2) is 5.29. The molecular weight excluding hydrogens is 263 g/mol. The summed E-state index contributed by atoms with van der Waals surface area (Å²) in [5.41, 5.74) is -1.41. The van der Waals surface area contributed by atoms with E-state index in [-0.39, 0.29) is 11.3 Å². The first-order chi connectivity index (χ1) is 9.48. The minimum absolute atomic E-state index is 0.110. The standard InChI is InChI=1S/C14H13FN2O3/c15-10-7-9(12(18)19)3-4-11(10)17-13(20)14(8-16)5-1-2-6-14/h3-4,7H,1-2,5-6H2,(H,17,20)(H,18,19). The SMILES string of the molecule is N#CC1(C(=O)Nc2ccc(C(=O)O)cc2F)CCCC1. The van der Waals surface area contributed by atoms with Crippen LogP contribution in [0.2, 0.25) is 0 Å². The molecular formula is C14H13FN2O3. The number of carboxylic acid groups (broad SMARTS) is 1. The van der Waals surface area contributed by atoms with Crippen molar-refractivity contribution >= 4 is 17.6 Å². The number of halogens is 1. The topological polar surface area (TPSA) is 90.2 Å². The normalized spacial score (nSPS) is 16.4. The number of nitrogens with zero attached hydrogens (tertiary/aromatic N) is 1. The van der Waals surface area contributed by atoms with Crippen LogP contribution in [0, 0.1) is 22.6 Å². The van der Waals surface area contributed by atoms with E-state index in [0.29, 0.717) is 12.8 Å². The number of carbonyl (C=O) groups is 2. The van der Waals surface area contributed by atoms with E-state index in [2.05, 4.69) is 5.32 Å². The Kier molecular flexibility index (Phi) is 3.70. The molecule has 6 heteroatoms. The number of anilines is 1. The zero-order valence-corrected chi connectivity index (χ0v) is 10.6. The largest absolute Gasteiger partial charge is 0.478 e. The molecule has 1 aliphatic rings. The van der Waals surface area contributed by atoms with Gasteiger partial charge >= 0.3 is 5.97 Å². The lowest BCUT2D eigenvalue weighted by atomic mass is 9.87. The number of hydrogen-bond acceptors (Lipinski definition) is 3. The third-order valence-electron chi connectivity index (χ3n) is 3.57. The number of aromatic carboxylic acids is 1.